The summed E-state index contributed by atoms with van der Waals surface area (Å²) in [6.07, 6.45) is 10.2. The number of aliphatic hydroxyl groups is 3. The van der Waals surface area contributed by atoms with E-state index in [-0.39, 0.29) is 23.9 Å². The Hall–Kier alpha value is -1.95. The average Bonchev–Trinajstić information content (AvgIpc) is 3.00. The van der Waals surface area contributed by atoms with Crippen LogP contribution in [0.4, 0.5) is 0 Å². The molecule has 1 aliphatic rings. The molecule has 31 heavy (non-hydrogen) atoms. The van der Waals surface area contributed by atoms with E-state index in [1.165, 1.54) is 5.56 Å². The molecule has 0 spiro atoms. The van der Waals surface area contributed by atoms with E-state index in [2.05, 4.69) is 0 Å². The van der Waals surface area contributed by atoms with Crippen molar-refractivity contribution in [3.63, 3.8) is 0 Å². The zero-order valence-corrected chi connectivity index (χ0v) is 18.8. The minimum absolute atomic E-state index is 0.0743. The lowest BCUT2D eigenvalue weighted by atomic mass is 9.89. The van der Waals surface area contributed by atoms with Crippen molar-refractivity contribution in [3.8, 4) is 0 Å². The molecule has 1 aromatic rings. The summed E-state index contributed by atoms with van der Waals surface area (Å²) in [5.41, 5.74) is 1.19. The third-order valence-corrected chi connectivity index (χ3v) is 5.74. The van der Waals surface area contributed by atoms with Crippen LogP contribution in [0.1, 0.15) is 57.9 Å². The molecule has 0 saturated heterocycles. The van der Waals surface area contributed by atoms with Crippen molar-refractivity contribution >= 4 is 5.97 Å². The number of carbonyl (C=O) groups is 1. The van der Waals surface area contributed by atoms with Gasteiger partial charge < -0.3 is 20.1 Å². The Balaban J connectivity index is 1.77. The van der Waals surface area contributed by atoms with Gasteiger partial charge in [-0.1, -0.05) is 54.6 Å². The normalized spacial score (nSPS) is 25.0. The fourth-order valence-electron chi connectivity index (χ4n) is 4.08. The molecule has 0 aromatic heterocycles. The standard InChI is InChI=1S/C26H38O5/c1-19(2)31-26(30)13-9-4-3-8-12-22-23(25(29)18-24(22)28)17-16-21(27)15-14-20-10-6-5-7-11-20/h3,5-8,10-11,16-17,19,21-25,27-29H,4,9,12-15,18H2,1-2H3/t21-,22?,23?,24-,25+/m0/s1. The van der Waals surface area contributed by atoms with Crippen molar-refractivity contribution in [2.45, 2.75) is 83.2 Å². The van der Waals surface area contributed by atoms with Gasteiger partial charge in [0.05, 0.1) is 24.4 Å². The zero-order chi connectivity index (χ0) is 22.6. The Morgan fingerprint density at radius 2 is 1.90 bits per heavy atom. The maximum atomic E-state index is 11.5. The van der Waals surface area contributed by atoms with E-state index >= 15 is 0 Å². The summed E-state index contributed by atoms with van der Waals surface area (Å²) in [4.78, 5) is 11.5. The average molecular weight is 431 g/mol. The molecule has 0 bridgehead atoms. The van der Waals surface area contributed by atoms with Crippen LogP contribution in [0, 0.1) is 11.8 Å². The van der Waals surface area contributed by atoms with Crippen molar-refractivity contribution in [1.82, 2.24) is 0 Å². The molecule has 5 heteroatoms. The van der Waals surface area contributed by atoms with Gasteiger partial charge in [0.2, 0.25) is 0 Å². The van der Waals surface area contributed by atoms with Gasteiger partial charge in [-0.15, -0.1) is 0 Å². The van der Waals surface area contributed by atoms with Crippen LogP contribution in [0.2, 0.25) is 0 Å². The molecule has 1 saturated carbocycles. The lowest BCUT2D eigenvalue weighted by Gasteiger charge is -2.19. The van der Waals surface area contributed by atoms with Crippen molar-refractivity contribution in [3.05, 3.63) is 60.2 Å². The van der Waals surface area contributed by atoms with Gasteiger partial charge >= 0.3 is 5.97 Å². The van der Waals surface area contributed by atoms with Crippen LogP contribution in [-0.4, -0.2) is 45.7 Å². The molecule has 0 aliphatic heterocycles. The van der Waals surface area contributed by atoms with Gasteiger partial charge in [0, 0.05) is 18.8 Å². The Kier molecular flexibility index (Phi) is 11.0. The Morgan fingerprint density at radius 3 is 2.61 bits per heavy atom. The van der Waals surface area contributed by atoms with Crippen molar-refractivity contribution in [2.75, 3.05) is 0 Å². The number of hydrogen-bond donors (Lipinski definition) is 3. The van der Waals surface area contributed by atoms with Gasteiger partial charge in [-0.05, 0) is 57.4 Å². The number of carbonyl (C=O) groups excluding carboxylic acids is 1. The number of rotatable bonds is 12. The zero-order valence-electron chi connectivity index (χ0n) is 18.8. The highest BCUT2D eigenvalue weighted by Gasteiger charge is 2.39. The molecule has 1 fully saturated rings. The van der Waals surface area contributed by atoms with Crippen LogP contribution in [0.15, 0.2) is 54.6 Å². The summed E-state index contributed by atoms with van der Waals surface area (Å²) in [5, 5.41) is 31.0. The molecule has 172 valence electrons. The number of benzene rings is 1. The Labute approximate surface area is 186 Å². The second-order valence-corrected chi connectivity index (χ2v) is 8.73. The summed E-state index contributed by atoms with van der Waals surface area (Å²) >= 11 is 0. The summed E-state index contributed by atoms with van der Waals surface area (Å²) in [5.74, 6) is -0.421. The van der Waals surface area contributed by atoms with Crippen molar-refractivity contribution in [2.24, 2.45) is 11.8 Å². The van der Waals surface area contributed by atoms with E-state index in [1.807, 2.05) is 62.4 Å². The van der Waals surface area contributed by atoms with E-state index in [9.17, 15) is 20.1 Å². The summed E-state index contributed by atoms with van der Waals surface area (Å²) < 4.78 is 5.11. The van der Waals surface area contributed by atoms with Crippen LogP contribution < -0.4 is 0 Å². The predicted molar refractivity (Wildman–Crippen MR) is 122 cm³/mol. The van der Waals surface area contributed by atoms with Crippen LogP contribution in [0.5, 0.6) is 0 Å². The maximum Gasteiger partial charge on any atom is 0.306 e. The van der Waals surface area contributed by atoms with Gasteiger partial charge in [0.25, 0.3) is 0 Å². The first kappa shape index (κ1) is 25.3. The topological polar surface area (TPSA) is 87.0 Å². The molecule has 0 radical (unpaired) electrons. The van der Waals surface area contributed by atoms with E-state index in [0.29, 0.717) is 25.7 Å². The smallest absolute Gasteiger partial charge is 0.306 e. The van der Waals surface area contributed by atoms with Gasteiger partial charge in [-0.25, -0.2) is 0 Å². The molecule has 3 N–H and O–H groups in total. The van der Waals surface area contributed by atoms with Crippen LogP contribution in [0.25, 0.3) is 0 Å². The second-order valence-electron chi connectivity index (χ2n) is 8.73. The summed E-state index contributed by atoms with van der Waals surface area (Å²) in [6.45, 7) is 3.68. The van der Waals surface area contributed by atoms with Gasteiger partial charge in [0.1, 0.15) is 0 Å². The minimum atomic E-state index is -0.600. The highest BCUT2D eigenvalue weighted by atomic mass is 16.5. The van der Waals surface area contributed by atoms with Crippen molar-refractivity contribution in [1.29, 1.82) is 0 Å². The van der Waals surface area contributed by atoms with E-state index in [1.54, 1.807) is 6.08 Å². The number of aryl methyl sites for hydroxylation is 1. The minimum Gasteiger partial charge on any atom is -0.463 e. The first-order chi connectivity index (χ1) is 14.9. The number of allylic oxidation sites excluding steroid dienone is 2. The summed E-state index contributed by atoms with van der Waals surface area (Å²) in [7, 11) is 0. The van der Waals surface area contributed by atoms with Gasteiger partial charge in [-0.2, -0.15) is 0 Å². The quantitative estimate of drug-likeness (QED) is 0.265. The Bertz CT molecular complexity index is 697. The van der Waals surface area contributed by atoms with Crippen LogP contribution in [0.3, 0.4) is 0 Å². The number of aliphatic hydroxyl groups excluding tert-OH is 3. The lowest BCUT2D eigenvalue weighted by Crippen LogP contribution is -2.20. The number of ether oxygens (including phenoxy) is 1. The fraction of sp³-hybridized carbons (Fsp3) is 0.577. The number of unbranched alkanes of at least 4 members (excludes halogenated alkanes) is 1. The molecule has 0 heterocycles. The molecule has 2 unspecified atom stereocenters. The molecule has 0 amide bonds. The van der Waals surface area contributed by atoms with E-state index < -0.39 is 18.3 Å². The number of hydrogen-bond acceptors (Lipinski definition) is 5. The number of esters is 1. The molecular formula is C26H38O5. The lowest BCUT2D eigenvalue weighted by molar-refractivity contribution is -0.147. The molecule has 2 rings (SSSR count). The van der Waals surface area contributed by atoms with E-state index in [0.717, 1.165) is 19.3 Å². The van der Waals surface area contributed by atoms with Gasteiger partial charge in [-0.3, -0.25) is 4.79 Å². The van der Waals surface area contributed by atoms with Crippen molar-refractivity contribution < 1.29 is 24.9 Å². The second kappa shape index (κ2) is 13.5. The van der Waals surface area contributed by atoms with Gasteiger partial charge in [0.15, 0.2) is 0 Å². The fourth-order valence-corrected chi connectivity index (χ4v) is 4.08. The SMILES string of the molecule is CC(C)OC(=O)CCCC=CCC1C(C=C[C@@H](O)CCc2ccccc2)[C@H](O)C[C@@H]1O. The molecule has 5 atom stereocenters. The first-order valence-corrected chi connectivity index (χ1v) is 11.5. The monoisotopic (exact) mass is 430 g/mol. The Morgan fingerprint density at radius 1 is 1.16 bits per heavy atom. The third kappa shape index (κ3) is 9.38. The predicted octanol–water partition coefficient (Wildman–Crippen LogP) is 3.96. The molecule has 1 aliphatic carbocycles. The van der Waals surface area contributed by atoms with Crippen LogP contribution in [-0.2, 0) is 16.0 Å². The molecular weight excluding hydrogens is 392 g/mol. The highest BCUT2D eigenvalue weighted by Crippen LogP contribution is 2.36. The highest BCUT2D eigenvalue weighted by molar-refractivity contribution is 5.69. The first-order valence-electron chi connectivity index (χ1n) is 11.5. The maximum absolute atomic E-state index is 11.5. The molecule has 1 aromatic carbocycles. The largest absolute Gasteiger partial charge is 0.463 e. The molecule has 5 nitrogen and oxygen atoms in total. The van der Waals surface area contributed by atoms with Crippen LogP contribution >= 0.6 is 0 Å². The van der Waals surface area contributed by atoms with E-state index in [4.69, 9.17) is 4.74 Å². The third-order valence-electron chi connectivity index (χ3n) is 5.74. The summed E-state index contributed by atoms with van der Waals surface area (Å²) in [6, 6.07) is 10.0.